The summed E-state index contributed by atoms with van der Waals surface area (Å²) in [4.78, 5) is 4.23. The zero-order valence-electron chi connectivity index (χ0n) is 8.98. The normalized spacial score (nSPS) is 12.6. The van der Waals surface area contributed by atoms with Crippen molar-refractivity contribution < 1.29 is 0 Å². The number of thiazole rings is 1. The Morgan fingerprint density at radius 3 is 2.75 bits per heavy atom. The molecular weight excluding hydrogens is 240 g/mol. The van der Waals surface area contributed by atoms with Gasteiger partial charge in [0.1, 0.15) is 0 Å². The van der Waals surface area contributed by atoms with Gasteiger partial charge < -0.3 is 5.32 Å². The Hall–Kier alpha value is -0.900. The number of rotatable bonds is 4. The van der Waals surface area contributed by atoms with E-state index in [9.17, 15) is 0 Å². The zero-order valence-corrected chi connectivity index (χ0v) is 10.6. The van der Waals surface area contributed by atoms with Crippen molar-refractivity contribution in [2.24, 2.45) is 0 Å². The molecule has 0 aliphatic carbocycles. The number of aromatic nitrogens is 1. The summed E-state index contributed by atoms with van der Waals surface area (Å²) in [6.07, 6.45) is 0. The number of hydrogen-bond acceptors (Lipinski definition) is 3. The first-order chi connectivity index (χ1) is 7.75. The molecule has 1 unspecified atom stereocenters. The lowest BCUT2D eigenvalue weighted by Crippen LogP contribution is -2.18. The zero-order chi connectivity index (χ0) is 11.4. The second-order valence-electron chi connectivity index (χ2n) is 3.63. The molecule has 2 rings (SSSR count). The summed E-state index contributed by atoms with van der Waals surface area (Å²) >= 11 is 7.47. The third kappa shape index (κ3) is 3.04. The fraction of sp³-hybridized carbons (Fsp3) is 0.250. The topological polar surface area (TPSA) is 24.9 Å². The van der Waals surface area contributed by atoms with Crippen LogP contribution in [0.4, 0.5) is 0 Å². The second kappa shape index (κ2) is 5.43. The highest BCUT2D eigenvalue weighted by atomic mass is 35.5. The van der Waals surface area contributed by atoms with Gasteiger partial charge in [-0.25, -0.2) is 4.98 Å². The van der Waals surface area contributed by atoms with Crippen LogP contribution < -0.4 is 5.32 Å². The van der Waals surface area contributed by atoms with Crippen LogP contribution >= 0.6 is 22.9 Å². The Morgan fingerprint density at radius 2 is 2.12 bits per heavy atom. The molecule has 0 saturated carbocycles. The van der Waals surface area contributed by atoms with Crippen LogP contribution in [0.25, 0.3) is 0 Å². The predicted octanol–water partition coefficient (Wildman–Crippen LogP) is 3.65. The van der Waals surface area contributed by atoms with Gasteiger partial charge in [0.05, 0.1) is 11.2 Å². The molecule has 4 heteroatoms. The molecule has 1 atom stereocenters. The lowest BCUT2D eigenvalue weighted by Gasteiger charge is -2.13. The fourth-order valence-electron chi connectivity index (χ4n) is 1.45. The number of benzene rings is 1. The van der Waals surface area contributed by atoms with Crippen LogP contribution in [-0.2, 0) is 6.54 Å². The average Bonchev–Trinajstić information content (AvgIpc) is 2.80. The Kier molecular flexibility index (Phi) is 3.93. The van der Waals surface area contributed by atoms with Crippen LogP contribution in [-0.4, -0.2) is 4.98 Å². The summed E-state index contributed by atoms with van der Waals surface area (Å²) in [5.74, 6) is 0. The third-order valence-electron chi connectivity index (χ3n) is 2.44. The summed E-state index contributed by atoms with van der Waals surface area (Å²) in [5, 5.41) is 6.25. The van der Waals surface area contributed by atoms with Crippen molar-refractivity contribution in [1.82, 2.24) is 10.3 Å². The first kappa shape index (κ1) is 11.6. The maximum atomic E-state index is 5.85. The van der Waals surface area contributed by atoms with Crippen molar-refractivity contribution in [2.75, 3.05) is 0 Å². The van der Waals surface area contributed by atoms with Crippen LogP contribution in [0.5, 0.6) is 0 Å². The highest BCUT2D eigenvalue weighted by Crippen LogP contribution is 2.16. The van der Waals surface area contributed by atoms with E-state index in [0.717, 1.165) is 17.3 Å². The summed E-state index contributed by atoms with van der Waals surface area (Å²) in [6, 6.07) is 8.22. The van der Waals surface area contributed by atoms with Crippen molar-refractivity contribution in [3.05, 3.63) is 51.4 Å². The lowest BCUT2D eigenvalue weighted by molar-refractivity contribution is 0.569. The average molecular weight is 253 g/mol. The molecule has 1 heterocycles. The number of hydrogen-bond donors (Lipinski definition) is 1. The van der Waals surface area contributed by atoms with E-state index >= 15 is 0 Å². The third-order valence-corrected chi connectivity index (χ3v) is 3.33. The molecule has 84 valence electrons. The molecule has 0 aliphatic heterocycles. The molecule has 1 aromatic heterocycles. The monoisotopic (exact) mass is 252 g/mol. The molecule has 2 aromatic rings. The minimum atomic E-state index is 0.305. The van der Waals surface area contributed by atoms with Crippen molar-refractivity contribution in [3.8, 4) is 0 Å². The van der Waals surface area contributed by atoms with Gasteiger partial charge in [-0.3, -0.25) is 0 Å². The lowest BCUT2D eigenvalue weighted by atomic mass is 10.1. The molecule has 2 nitrogen and oxygen atoms in total. The second-order valence-corrected chi connectivity index (χ2v) is 4.79. The molecule has 0 amide bonds. The fourth-order valence-corrected chi connectivity index (χ4v) is 2.14. The Morgan fingerprint density at radius 1 is 1.38 bits per heavy atom. The quantitative estimate of drug-likeness (QED) is 0.899. The standard InChI is InChI=1S/C12H13ClN2S/c1-9(10-2-4-11(13)5-3-10)14-6-12-7-16-8-15-12/h2-5,7-9,14H,6H2,1H3. The van der Waals surface area contributed by atoms with Crippen molar-refractivity contribution >= 4 is 22.9 Å². The highest BCUT2D eigenvalue weighted by Gasteiger charge is 2.04. The summed E-state index contributed by atoms with van der Waals surface area (Å²) in [6.45, 7) is 2.93. The Labute approximate surface area is 104 Å². The minimum Gasteiger partial charge on any atom is -0.305 e. The van der Waals surface area contributed by atoms with Gasteiger partial charge in [0.2, 0.25) is 0 Å². The van der Waals surface area contributed by atoms with Gasteiger partial charge >= 0.3 is 0 Å². The van der Waals surface area contributed by atoms with Crippen LogP contribution in [0, 0.1) is 0 Å². The smallest absolute Gasteiger partial charge is 0.0795 e. The molecule has 1 N–H and O–H groups in total. The maximum absolute atomic E-state index is 5.85. The van der Waals surface area contributed by atoms with Gasteiger partial charge in [-0.15, -0.1) is 11.3 Å². The molecule has 0 fully saturated rings. The summed E-state index contributed by atoms with van der Waals surface area (Å²) < 4.78 is 0. The number of nitrogens with one attached hydrogen (secondary N) is 1. The molecule has 0 radical (unpaired) electrons. The van der Waals surface area contributed by atoms with Gasteiger partial charge in [-0.2, -0.15) is 0 Å². The van der Waals surface area contributed by atoms with E-state index in [1.54, 1.807) is 11.3 Å². The molecule has 1 aromatic carbocycles. The van der Waals surface area contributed by atoms with E-state index in [2.05, 4.69) is 22.6 Å². The van der Waals surface area contributed by atoms with Crippen molar-refractivity contribution in [3.63, 3.8) is 0 Å². The van der Waals surface area contributed by atoms with Gasteiger partial charge in [-0.1, -0.05) is 23.7 Å². The van der Waals surface area contributed by atoms with Crippen LogP contribution in [0.15, 0.2) is 35.2 Å². The van der Waals surface area contributed by atoms with Crippen molar-refractivity contribution in [2.45, 2.75) is 19.5 Å². The molecule has 0 aliphatic rings. The highest BCUT2D eigenvalue weighted by molar-refractivity contribution is 7.07. The summed E-state index contributed by atoms with van der Waals surface area (Å²) in [5.41, 5.74) is 4.18. The maximum Gasteiger partial charge on any atom is 0.0795 e. The SMILES string of the molecule is CC(NCc1cscn1)c1ccc(Cl)cc1. The van der Waals surface area contributed by atoms with E-state index < -0.39 is 0 Å². The molecule has 0 spiro atoms. The van der Waals surface area contributed by atoms with E-state index in [0.29, 0.717) is 6.04 Å². The van der Waals surface area contributed by atoms with Gasteiger partial charge in [-0.05, 0) is 24.6 Å². The number of halogens is 1. The Balaban J connectivity index is 1.93. The van der Waals surface area contributed by atoms with Crippen LogP contribution in [0.2, 0.25) is 5.02 Å². The van der Waals surface area contributed by atoms with E-state index in [4.69, 9.17) is 11.6 Å². The van der Waals surface area contributed by atoms with Gasteiger partial charge in [0.25, 0.3) is 0 Å². The molecule has 0 bridgehead atoms. The van der Waals surface area contributed by atoms with Crippen LogP contribution in [0.1, 0.15) is 24.2 Å². The number of nitrogens with zero attached hydrogens (tertiary/aromatic N) is 1. The van der Waals surface area contributed by atoms with E-state index in [-0.39, 0.29) is 0 Å². The van der Waals surface area contributed by atoms with Crippen molar-refractivity contribution in [1.29, 1.82) is 0 Å². The minimum absolute atomic E-state index is 0.305. The predicted molar refractivity (Wildman–Crippen MR) is 68.8 cm³/mol. The molecular formula is C12H13ClN2S. The first-order valence-corrected chi connectivity index (χ1v) is 6.43. The Bertz CT molecular complexity index is 425. The van der Waals surface area contributed by atoms with Crippen LogP contribution in [0.3, 0.4) is 0 Å². The van der Waals surface area contributed by atoms with Gasteiger partial charge in [0.15, 0.2) is 0 Å². The molecule has 0 saturated heterocycles. The molecule has 16 heavy (non-hydrogen) atoms. The first-order valence-electron chi connectivity index (χ1n) is 5.11. The van der Waals surface area contributed by atoms with E-state index in [1.165, 1.54) is 5.56 Å². The summed E-state index contributed by atoms with van der Waals surface area (Å²) in [7, 11) is 0. The van der Waals surface area contributed by atoms with Gasteiger partial charge in [0, 0.05) is 23.0 Å². The van der Waals surface area contributed by atoms with E-state index in [1.807, 2.05) is 29.8 Å². The largest absolute Gasteiger partial charge is 0.305 e.